The van der Waals surface area contributed by atoms with E-state index in [2.05, 4.69) is 19.2 Å². The predicted molar refractivity (Wildman–Crippen MR) is 86.2 cm³/mol. The van der Waals surface area contributed by atoms with Crippen LogP contribution in [0.4, 0.5) is 5.69 Å². The predicted octanol–water partition coefficient (Wildman–Crippen LogP) is 4.63. The van der Waals surface area contributed by atoms with E-state index in [1.807, 2.05) is 24.3 Å². The maximum atomic E-state index is 12.2. The first-order valence-corrected chi connectivity index (χ1v) is 7.23. The second kappa shape index (κ2) is 7.14. The smallest absolute Gasteiger partial charge is 0.255 e. The minimum absolute atomic E-state index is 0.188. The zero-order valence-electron chi connectivity index (χ0n) is 12.1. The first kappa shape index (κ1) is 15.4. The van der Waals surface area contributed by atoms with Gasteiger partial charge in [0.2, 0.25) is 0 Å². The van der Waals surface area contributed by atoms with Gasteiger partial charge in [-0.2, -0.15) is 0 Å². The number of ether oxygens (including phenoxy) is 1. The topological polar surface area (TPSA) is 38.3 Å². The quantitative estimate of drug-likeness (QED) is 0.874. The number of halogens is 1. The van der Waals surface area contributed by atoms with Crippen molar-refractivity contribution in [1.29, 1.82) is 0 Å². The molecule has 110 valence electrons. The molecule has 0 radical (unpaired) electrons. The van der Waals surface area contributed by atoms with Gasteiger partial charge in [-0.15, -0.1) is 0 Å². The van der Waals surface area contributed by atoms with Gasteiger partial charge in [0, 0.05) is 10.6 Å². The number of benzene rings is 2. The lowest BCUT2D eigenvalue weighted by molar-refractivity contribution is 0.102. The van der Waals surface area contributed by atoms with Gasteiger partial charge >= 0.3 is 0 Å². The van der Waals surface area contributed by atoms with E-state index in [4.69, 9.17) is 16.3 Å². The van der Waals surface area contributed by atoms with Crippen LogP contribution in [-0.2, 0) is 0 Å². The number of anilines is 1. The van der Waals surface area contributed by atoms with Gasteiger partial charge in [0.15, 0.2) is 0 Å². The number of hydrogen-bond acceptors (Lipinski definition) is 2. The molecule has 0 aliphatic rings. The SMILES string of the molecule is CC(C)COc1ccccc1NC(=O)c1ccc(Cl)cc1. The van der Waals surface area contributed by atoms with Gasteiger partial charge in [-0.3, -0.25) is 4.79 Å². The van der Waals surface area contributed by atoms with Gasteiger partial charge in [-0.05, 0) is 42.3 Å². The summed E-state index contributed by atoms with van der Waals surface area (Å²) in [5.41, 5.74) is 1.22. The molecule has 1 amide bonds. The van der Waals surface area contributed by atoms with E-state index in [1.165, 1.54) is 0 Å². The van der Waals surface area contributed by atoms with Crippen LogP contribution in [0.2, 0.25) is 5.02 Å². The van der Waals surface area contributed by atoms with Crippen LogP contribution in [0.15, 0.2) is 48.5 Å². The minimum Gasteiger partial charge on any atom is -0.491 e. The Kier molecular flexibility index (Phi) is 5.23. The maximum absolute atomic E-state index is 12.2. The minimum atomic E-state index is -0.188. The Morgan fingerprint density at radius 2 is 1.81 bits per heavy atom. The van der Waals surface area contributed by atoms with Crippen molar-refractivity contribution < 1.29 is 9.53 Å². The monoisotopic (exact) mass is 303 g/mol. The molecule has 0 spiro atoms. The van der Waals surface area contributed by atoms with Gasteiger partial charge in [-0.25, -0.2) is 0 Å². The van der Waals surface area contributed by atoms with Crippen LogP contribution in [0.1, 0.15) is 24.2 Å². The molecular formula is C17H18ClNO2. The molecule has 1 N–H and O–H groups in total. The normalized spacial score (nSPS) is 10.5. The summed E-state index contributed by atoms with van der Waals surface area (Å²) >= 11 is 5.82. The Bertz CT molecular complexity index is 608. The van der Waals surface area contributed by atoms with Gasteiger partial charge in [0.05, 0.1) is 12.3 Å². The molecule has 2 aromatic carbocycles. The van der Waals surface area contributed by atoms with Crippen LogP contribution in [0.3, 0.4) is 0 Å². The van der Waals surface area contributed by atoms with Crippen molar-refractivity contribution in [3.8, 4) is 5.75 Å². The van der Waals surface area contributed by atoms with Crippen LogP contribution in [-0.4, -0.2) is 12.5 Å². The molecule has 0 aliphatic heterocycles. The molecule has 0 bridgehead atoms. The van der Waals surface area contributed by atoms with Crippen LogP contribution in [0, 0.1) is 5.92 Å². The molecule has 0 atom stereocenters. The first-order valence-electron chi connectivity index (χ1n) is 6.85. The summed E-state index contributed by atoms with van der Waals surface area (Å²) in [4.78, 5) is 12.2. The van der Waals surface area contributed by atoms with Gasteiger partial charge < -0.3 is 10.1 Å². The molecule has 0 aromatic heterocycles. The zero-order chi connectivity index (χ0) is 15.2. The van der Waals surface area contributed by atoms with Crippen molar-refractivity contribution >= 4 is 23.2 Å². The largest absolute Gasteiger partial charge is 0.491 e. The molecule has 2 aromatic rings. The third-order valence-electron chi connectivity index (χ3n) is 2.81. The summed E-state index contributed by atoms with van der Waals surface area (Å²) < 4.78 is 5.72. The van der Waals surface area contributed by atoms with Crippen molar-refractivity contribution in [3.05, 3.63) is 59.1 Å². The van der Waals surface area contributed by atoms with E-state index in [0.717, 1.165) is 0 Å². The van der Waals surface area contributed by atoms with Crippen molar-refractivity contribution in [2.45, 2.75) is 13.8 Å². The number of carbonyl (C=O) groups excluding carboxylic acids is 1. The van der Waals surface area contributed by atoms with E-state index < -0.39 is 0 Å². The molecule has 2 rings (SSSR count). The van der Waals surface area contributed by atoms with Crippen LogP contribution in [0.5, 0.6) is 5.75 Å². The van der Waals surface area contributed by atoms with Crippen LogP contribution >= 0.6 is 11.6 Å². The van der Waals surface area contributed by atoms with Gasteiger partial charge in [0.1, 0.15) is 5.75 Å². The molecule has 0 saturated heterocycles. The van der Waals surface area contributed by atoms with E-state index >= 15 is 0 Å². The summed E-state index contributed by atoms with van der Waals surface area (Å²) in [6, 6.07) is 14.2. The highest BCUT2D eigenvalue weighted by Gasteiger charge is 2.10. The first-order chi connectivity index (χ1) is 10.1. The van der Waals surface area contributed by atoms with Crippen molar-refractivity contribution in [3.63, 3.8) is 0 Å². The van der Waals surface area contributed by atoms with Crippen LogP contribution in [0.25, 0.3) is 0 Å². The van der Waals surface area contributed by atoms with E-state index in [1.54, 1.807) is 24.3 Å². The highest BCUT2D eigenvalue weighted by Crippen LogP contribution is 2.25. The number of carbonyl (C=O) groups is 1. The molecule has 4 heteroatoms. The second-order valence-electron chi connectivity index (χ2n) is 5.16. The number of nitrogens with one attached hydrogen (secondary N) is 1. The van der Waals surface area contributed by atoms with Crippen molar-refractivity contribution in [2.24, 2.45) is 5.92 Å². The summed E-state index contributed by atoms with van der Waals surface area (Å²) in [5, 5.41) is 3.47. The highest BCUT2D eigenvalue weighted by atomic mass is 35.5. The standard InChI is InChI=1S/C17H18ClNO2/c1-12(2)11-21-16-6-4-3-5-15(16)19-17(20)13-7-9-14(18)10-8-13/h3-10,12H,11H2,1-2H3,(H,19,20). The third-order valence-corrected chi connectivity index (χ3v) is 3.07. The lowest BCUT2D eigenvalue weighted by Crippen LogP contribution is -2.13. The molecule has 3 nitrogen and oxygen atoms in total. The van der Waals surface area contributed by atoms with Gasteiger partial charge in [0.25, 0.3) is 5.91 Å². The fourth-order valence-electron chi connectivity index (χ4n) is 1.75. The highest BCUT2D eigenvalue weighted by molar-refractivity contribution is 6.30. The molecule has 0 aliphatic carbocycles. The number of amides is 1. The molecule has 0 saturated carbocycles. The molecule has 0 heterocycles. The Morgan fingerprint density at radius 1 is 1.14 bits per heavy atom. The fourth-order valence-corrected chi connectivity index (χ4v) is 1.87. The average molecular weight is 304 g/mol. The summed E-state index contributed by atoms with van der Waals surface area (Å²) in [6.07, 6.45) is 0. The lowest BCUT2D eigenvalue weighted by atomic mass is 10.2. The summed E-state index contributed by atoms with van der Waals surface area (Å²) in [7, 11) is 0. The summed E-state index contributed by atoms with van der Waals surface area (Å²) in [5.74, 6) is 0.908. The van der Waals surface area contributed by atoms with Crippen molar-refractivity contribution in [1.82, 2.24) is 0 Å². The van der Waals surface area contributed by atoms with Crippen LogP contribution < -0.4 is 10.1 Å². The Morgan fingerprint density at radius 3 is 2.48 bits per heavy atom. The lowest BCUT2D eigenvalue weighted by Gasteiger charge is -2.13. The maximum Gasteiger partial charge on any atom is 0.255 e. The van der Waals surface area contributed by atoms with Crippen molar-refractivity contribution in [2.75, 3.05) is 11.9 Å². The number of rotatable bonds is 5. The van der Waals surface area contributed by atoms with E-state index in [-0.39, 0.29) is 5.91 Å². The van der Waals surface area contributed by atoms with Gasteiger partial charge in [-0.1, -0.05) is 37.6 Å². The molecule has 21 heavy (non-hydrogen) atoms. The summed E-state index contributed by atoms with van der Waals surface area (Å²) in [6.45, 7) is 4.76. The Balaban J connectivity index is 2.11. The Hall–Kier alpha value is -2.00. The fraction of sp³-hybridized carbons (Fsp3) is 0.235. The number of hydrogen-bond donors (Lipinski definition) is 1. The number of para-hydroxylation sites is 2. The second-order valence-corrected chi connectivity index (χ2v) is 5.60. The third kappa shape index (κ3) is 4.50. The molecule has 0 fully saturated rings. The zero-order valence-corrected chi connectivity index (χ0v) is 12.9. The molecular weight excluding hydrogens is 286 g/mol. The van der Waals surface area contributed by atoms with E-state index in [0.29, 0.717) is 34.5 Å². The molecule has 0 unspecified atom stereocenters. The van der Waals surface area contributed by atoms with E-state index in [9.17, 15) is 4.79 Å². The average Bonchev–Trinajstić information content (AvgIpc) is 2.47. The Labute approximate surface area is 129 Å².